The zero-order valence-corrected chi connectivity index (χ0v) is 13.7. The van der Waals surface area contributed by atoms with E-state index < -0.39 is 23.4 Å². The number of hydrogen-bond donors (Lipinski definition) is 0. The molecular weight excluding hydrogens is 325 g/mol. The fourth-order valence-corrected chi connectivity index (χ4v) is 2.37. The van der Waals surface area contributed by atoms with Crippen molar-refractivity contribution in [2.45, 2.75) is 32.9 Å². The van der Waals surface area contributed by atoms with Crippen LogP contribution in [0.25, 0.3) is 0 Å². The van der Waals surface area contributed by atoms with Crippen LogP contribution in [0.2, 0.25) is 0 Å². The van der Waals surface area contributed by atoms with Crippen LogP contribution >= 0.6 is 0 Å². The minimum absolute atomic E-state index is 0.128. The van der Waals surface area contributed by atoms with Gasteiger partial charge in [0.1, 0.15) is 0 Å². The molecule has 0 atom stereocenters. The van der Waals surface area contributed by atoms with Gasteiger partial charge in [-0.2, -0.15) is 18.2 Å². The number of aliphatic imine (C=N–C) groups is 1. The number of rotatable bonds is 7. The first-order chi connectivity index (χ1) is 11.3. The Bertz CT molecular complexity index is 632. The molecule has 1 rings (SSSR count). The van der Waals surface area contributed by atoms with Crippen LogP contribution < -0.4 is 4.90 Å². The molecule has 24 heavy (non-hydrogen) atoms. The van der Waals surface area contributed by atoms with Crippen LogP contribution in [-0.4, -0.2) is 32.2 Å². The molecule has 5 nitrogen and oxygen atoms in total. The van der Waals surface area contributed by atoms with Gasteiger partial charge in [0.15, 0.2) is 0 Å². The van der Waals surface area contributed by atoms with Crippen molar-refractivity contribution < 1.29 is 27.5 Å². The number of halogens is 3. The SMILES string of the molecule is CCCN(CCC)c1cc(C(=O)OC)c(N=C=O)cc1C(F)(F)F. The van der Waals surface area contributed by atoms with Crippen molar-refractivity contribution >= 4 is 23.4 Å². The third kappa shape index (κ3) is 4.58. The number of benzene rings is 1. The number of methoxy groups -OCH3 is 1. The molecule has 1 aromatic carbocycles. The first kappa shape index (κ1) is 19.7. The van der Waals surface area contributed by atoms with Crippen molar-refractivity contribution in [2.75, 3.05) is 25.1 Å². The molecule has 0 aromatic heterocycles. The van der Waals surface area contributed by atoms with Gasteiger partial charge in [0.05, 0.1) is 23.9 Å². The fourth-order valence-electron chi connectivity index (χ4n) is 2.37. The Morgan fingerprint density at radius 2 is 1.83 bits per heavy atom. The summed E-state index contributed by atoms with van der Waals surface area (Å²) in [6.07, 6.45) is -2.21. The Kier molecular flexibility index (Phi) is 6.97. The molecule has 0 spiro atoms. The summed E-state index contributed by atoms with van der Waals surface area (Å²) in [5, 5.41) is 0. The number of isocyanates is 1. The summed E-state index contributed by atoms with van der Waals surface area (Å²) in [6, 6.07) is 1.76. The number of hydrogen-bond acceptors (Lipinski definition) is 5. The van der Waals surface area contributed by atoms with Gasteiger partial charge in [0, 0.05) is 18.8 Å². The molecule has 0 N–H and O–H groups in total. The number of nitrogens with zero attached hydrogens (tertiary/aromatic N) is 2. The molecule has 0 fully saturated rings. The lowest BCUT2D eigenvalue weighted by atomic mass is 10.0. The van der Waals surface area contributed by atoms with Crippen LogP contribution in [0.1, 0.15) is 42.6 Å². The highest BCUT2D eigenvalue weighted by molar-refractivity contribution is 5.97. The van der Waals surface area contributed by atoms with Crippen LogP contribution in [0, 0.1) is 0 Å². The Labute approximate surface area is 138 Å². The van der Waals surface area contributed by atoms with E-state index in [0.29, 0.717) is 32.0 Å². The highest BCUT2D eigenvalue weighted by Gasteiger charge is 2.36. The molecule has 0 unspecified atom stereocenters. The van der Waals surface area contributed by atoms with Crippen molar-refractivity contribution in [3.63, 3.8) is 0 Å². The highest BCUT2D eigenvalue weighted by Crippen LogP contribution is 2.41. The number of carbonyl (C=O) groups is 1. The zero-order chi connectivity index (χ0) is 18.3. The van der Waals surface area contributed by atoms with Crippen molar-refractivity contribution in [3.05, 3.63) is 23.3 Å². The van der Waals surface area contributed by atoms with E-state index in [0.717, 1.165) is 13.2 Å². The van der Waals surface area contributed by atoms with E-state index in [2.05, 4.69) is 9.73 Å². The van der Waals surface area contributed by atoms with Crippen LogP contribution in [0.4, 0.5) is 24.5 Å². The fraction of sp³-hybridized carbons (Fsp3) is 0.500. The molecule has 0 bridgehead atoms. The maximum atomic E-state index is 13.4. The Morgan fingerprint density at radius 1 is 1.25 bits per heavy atom. The third-order valence-electron chi connectivity index (χ3n) is 3.32. The van der Waals surface area contributed by atoms with E-state index in [1.54, 1.807) is 4.90 Å². The summed E-state index contributed by atoms with van der Waals surface area (Å²) in [6.45, 7) is 4.49. The number of ether oxygens (including phenoxy) is 1. The predicted molar refractivity (Wildman–Crippen MR) is 83.4 cm³/mol. The van der Waals surface area contributed by atoms with Gasteiger partial charge in [-0.3, -0.25) is 0 Å². The lowest BCUT2D eigenvalue weighted by molar-refractivity contribution is -0.137. The minimum atomic E-state index is -4.66. The second-order valence-electron chi connectivity index (χ2n) is 5.07. The largest absolute Gasteiger partial charge is 0.465 e. The van der Waals surface area contributed by atoms with E-state index in [-0.39, 0.29) is 11.3 Å². The van der Waals surface area contributed by atoms with Gasteiger partial charge in [-0.25, -0.2) is 9.59 Å². The Hall–Kier alpha value is -2.34. The summed E-state index contributed by atoms with van der Waals surface area (Å²) in [4.78, 5) is 27.1. The van der Waals surface area contributed by atoms with Crippen LogP contribution in [0.15, 0.2) is 17.1 Å². The molecule has 0 radical (unpaired) electrons. The van der Waals surface area contributed by atoms with Gasteiger partial charge in [-0.15, -0.1) is 0 Å². The Morgan fingerprint density at radius 3 is 2.25 bits per heavy atom. The number of esters is 1. The second-order valence-corrected chi connectivity index (χ2v) is 5.07. The zero-order valence-electron chi connectivity index (χ0n) is 13.7. The molecule has 0 aliphatic heterocycles. The first-order valence-electron chi connectivity index (χ1n) is 7.46. The predicted octanol–water partition coefficient (Wildman–Crippen LogP) is 4.09. The van der Waals surface area contributed by atoms with Gasteiger partial charge in [-0.1, -0.05) is 13.8 Å². The van der Waals surface area contributed by atoms with Crippen molar-refractivity contribution in [3.8, 4) is 0 Å². The van der Waals surface area contributed by atoms with Crippen molar-refractivity contribution in [1.82, 2.24) is 0 Å². The molecule has 0 amide bonds. The minimum Gasteiger partial charge on any atom is -0.465 e. The number of anilines is 1. The van der Waals surface area contributed by atoms with E-state index in [4.69, 9.17) is 0 Å². The summed E-state index contributed by atoms with van der Waals surface area (Å²) in [7, 11) is 1.10. The third-order valence-corrected chi connectivity index (χ3v) is 3.32. The van der Waals surface area contributed by atoms with E-state index >= 15 is 0 Å². The molecular formula is C16H19F3N2O3. The average Bonchev–Trinajstić information content (AvgIpc) is 2.53. The van der Waals surface area contributed by atoms with Crippen LogP contribution in [-0.2, 0) is 15.7 Å². The molecule has 0 aliphatic carbocycles. The van der Waals surface area contributed by atoms with Gasteiger partial charge >= 0.3 is 12.1 Å². The van der Waals surface area contributed by atoms with E-state index in [1.165, 1.54) is 6.08 Å². The normalized spacial score (nSPS) is 10.9. The molecule has 8 heteroatoms. The monoisotopic (exact) mass is 344 g/mol. The van der Waals surface area contributed by atoms with Crippen molar-refractivity contribution in [2.24, 2.45) is 4.99 Å². The van der Waals surface area contributed by atoms with E-state index in [9.17, 15) is 22.8 Å². The van der Waals surface area contributed by atoms with E-state index in [1.807, 2.05) is 13.8 Å². The Balaban J connectivity index is 3.69. The number of alkyl halides is 3. The lowest BCUT2D eigenvalue weighted by Crippen LogP contribution is -2.28. The van der Waals surface area contributed by atoms with Gasteiger partial charge < -0.3 is 9.64 Å². The molecule has 0 saturated carbocycles. The maximum Gasteiger partial charge on any atom is 0.418 e. The molecule has 0 saturated heterocycles. The molecule has 1 aromatic rings. The van der Waals surface area contributed by atoms with Crippen LogP contribution in [0.3, 0.4) is 0 Å². The second kappa shape index (κ2) is 8.49. The molecule has 0 heterocycles. The highest BCUT2D eigenvalue weighted by atomic mass is 19.4. The summed E-state index contributed by atoms with van der Waals surface area (Å²) < 4.78 is 44.9. The standard InChI is InChI=1S/C16H19F3N2O3/c1-4-6-21(7-5-2)14-8-11(15(23)24-3)13(20-10-22)9-12(14)16(17,18)19/h8-9H,4-7H2,1-3H3. The van der Waals surface area contributed by atoms with Crippen molar-refractivity contribution in [1.29, 1.82) is 0 Å². The van der Waals surface area contributed by atoms with Crippen LogP contribution in [0.5, 0.6) is 0 Å². The first-order valence-corrected chi connectivity index (χ1v) is 7.46. The molecule has 132 valence electrons. The smallest absolute Gasteiger partial charge is 0.418 e. The van der Waals surface area contributed by atoms with Gasteiger partial charge in [0.25, 0.3) is 0 Å². The van der Waals surface area contributed by atoms with Gasteiger partial charge in [-0.05, 0) is 25.0 Å². The summed E-state index contributed by atoms with van der Waals surface area (Å²) in [5.74, 6) is -0.869. The maximum absolute atomic E-state index is 13.4. The quantitative estimate of drug-likeness (QED) is 0.425. The number of carbonyl (C=O) groups excluding carboxylic acids is 2. The van der Waals surface area contributed by atoms with Gasteiger partial charge in [0.2, 0.25) is 6.08 Å². The lowest BCUT2D eigenvalue weighted by Gasteiger charge is -2.28. The summed E-state index contributed by atoms with van der Waals surface area (Å²) in [5.41, 5.74) is -1.70. The summed E-state index contributed by atoms with van der Waals surface area (Å²) >= 11 is 0. The topological polar surface area (TPSA) is 59.0 Å². The average molecular weight is 344 g/mol. The molecule has 0 aliphatic rings.